The van der Waals surface area contributed by atoms with Gasteiger partial charge in [-0.25, -0.2) is 4.39 Å². The third-order valence-electron chi connectivity index (χ3n) is 3.98. The number of carbonyl (C=O) groups excluding carboxylic acids is 1. The molecule has 2 aliphatic rings. The van der Waals surface area contributed by atoms with E-state index in [9.17, 15) is 9.18 Å². The molecular formula is C16H18FN3O2S. The normalized spacial score (nSPS) is 21.7. The molecule has 1 atom stereocenters. The first-order valence-electron chi connectivity index (χ1n) is 7.47. The van der Waals surface area contributed by atoms with Crippen LogP contribution in [0.5, 0.6) is 0 Å². The van der Waals surface area contributed by atoms with Crippen molar-refractivity contribution in [3.05, 3.63) is 46.9 Å². The highest BCUT2D eigenvalue weighted by molar-refractivity contribution is 7.80. The highest BCUT2D eigenvalue weighted by Crippen LogP contribution is 2.28. The SMILES string of the molecule is CC1=C(C(=O)N2CCOCC2)C(c2cccc(F)c2)NC(=S)N1. The van der Waals surface area contributed by atoms with Crippen LogP contribution in [-0.4, -0.2) is 42.2 Å². The monoisotopic (exact) mass is 335 g/mol. The number of halogens is 1. The lowest BCUT2D eigenvalue weighted by molar-refractivity contribution is -0.131. The second-order valence-electron chi connectivity index (χ2n) is 5.53. The number of hydrogen-bond acceptors (Lipinski definition) is 3. The van der Waals surface area contributed by atoms with Gasteiger partial charge in [-0.2, -0.15) is 0 Å². The molecule has 0 bridgehead atoms. The van der Waals surface area contributed by atoms with Crippen LogP contribution in [0.4, 0.5) is 4.39 Å². The first-order valence-corrected chi connectivity index (χ1v) is 7.88. The molecule has 5 nitrogen and oxygen atoms in total. The van der Waals surface area contributed by atoms with Crippen molar-refractivity contribution in [1.82, 2.24) is 15.5 Å². The Balaban J connectivity index is 1.97. The maximum Gasteiger partial charge on any atom is 0.254 e. The van der Waals surface area contributed by atoms with Gasteiger partial charge in [0.15, 0.2) is 5.11 Å². The summed E-state index contributed by atoms with van der Waals surface area (Å²) in [7, 11) is 0. The highest BCUT2D eigenvalue weighted by atomic mass is 32.1. The predicted molar refractivity (Wildman–Crippen MR) is 88.1 cm³/mol. The van der Waals surface area contributed by atoms with Crippen LogP contribution in [0.2, 0.25) is 0 Å². The molecule has 0 aromatic heterocycles. The van der Waals surface area contributed by atoms with Gasteiger partial charge in [-0.15, -0.1) is 0 Å². The average molecular weight is 335 g/mol. The summed E-state index contributed by atoms with van der Waals surface area (Å²) in [5.74, 6) is -0.424. The zero-order valence-electron chi connectivity index (χ0n) is 12.8. The fourth-order valence-electron chi connectivity index (χ4n) is 2.85. The molecular weight excluding hydrogens is 317 g/mol. The summed E-state index contributed by atoms with van der Waals surface area (Å²) >= 11 is 5.19. The number of allylic oxidation sites excluding steroid dienone is 1. The van der Waals surface area contributed by atoms with Crippen LogP contribution < -0.4 is 10.6 Å². The minimum absolute atomic E-state index is 0.0810. The third kappa shape index (κ3) is 3.35. The number of hydrogen-bond donors (Lipinski definition) is 2. The molecule has 1 aromatic carbocycles. The van der Waals surface area contributed by atoms with Gasteiger partial charge in [-0.1, -0.05) is 12.1 Å². The zero-order chi connectivity index (χ0) is 16.4. The van der Waals surface area contributed by atoms with Gasteiger partial charge in [-0.3, -0.25) is 4.79 Å². The van der Waals surface area contributed by atoms with E-state index in [4.69, 9.17) is 17.0 Å². The van der Waals surface area contributed by atoms with Gasteiger partial charge in [0.1, 0.15) is 5.82 Å². The molecule has 3 rings (SSSR count). The van der Waals surface area contributed by atoms with Crippen LogP contribution >= 0.6 is 12.2 Å². The summed E-state index contributed by atoms with van der Waals surface area (Å²) in [6.45, 7) is 3.98. The van der Waals surface area contributed by atoms with E-state index in [-0.39, 0.29) is 11.7 Å². The van der Waals surface area contributed by atoms with E-state index in [2.05, 4.69) is 10.6 Å². The maximum absolute atomic E-state index is 13.6. The van der Waals surface area contributed by atoms with E-state index < -0.39 is 6.04 Å². The van der Waals surface area contributed by atoms with Crippen LogP contribution in [-0.2, 0) is 9.53 Å². The summed E-state index contributed by atoms with van der Waals surface area (Å²) in [5, 5.41) is 6.49. The van der Waals surface area contributed by atoms with E-state index in [1.165, 1.54) is 12.1 Å². The predicted octanol–water partition coefficient (Wildman–Crippen LogP) is 1.48. The Bertz CT molecular complexity index is 671. The summed E-state index contributed by atoms with van der Waals surface area (Å²) in [5.41, 5.74) is 1.93. The van der Waals surface area contributed by atoms with Gasteiger partial charge in [0.25, 0.3) is 5.91 Å². The Hall–Kier alpha value is -1.99. The van der Waals surface area contributed by atoms with Gasteiger partial charge in [-0.05, 0) is 36.8 Å². The Kier molecular flexibility index (Phi) is 4.58. The first-order chi connectivity index (χ1) is 11.1. The molecule has 0 radical (unpaired) electrons. The van der Waals surface area contributed by atoms with Gasteiger partial charge >= 0.3 is 0 Å². The van der Waals surface area contributed by atoms with Crippen molar-refractivity contribution < 1.29 is 13.9 Å². The van der Waals surface area contributed by atoms with Gasteiger partial charge < -0.3 is 20.3 Å². The van der Waals surface area contributed by atoms with E-state index in [0.29, 0.717) is 48.2 Å². The summed E-state index contributed by atoms with van der Waals surface area (Å²) in [4.78, 5) is 14.7. The molecule has 1 aromatic rings. The van der Waals surface area contributed by atoms with Crippen molar-refractivity contribution in [2.24, 2.45) is 0 Å². The zero-order valence-corrected chi connectivity index (χ0v) is 13.6. The van der Waals surface area contributed by atoms with Gasteiger partial charge in [0, 0.05) is 18.8 Å². The number of nitrogens with one attached hydrogen (secondary N) is 2. The van der Waals surface area contributed by atoms with Crippen LogP contribution in [0.15, 0.2) is 35.5 Å². The standard InChI is InChI=1S/C16H18FN3O2S/c1-10-13(15(21)20-5-7-22-8-6-20)14(19-16(23)18-10)11-3-2-4-12(17)9-11/h2-4,9,14H,5-8H2,1H3,(H2,18,19,23). The lowest BCUT2D eigenvalue weighted by atomic mass is 9.94. The van der Waals surface area contributed by atoms with Crippen LogP contribution in [0.1, 0.15) is 18.5 Å². The summed E-state index contributed by atoms with van der Waals surface area (Å²) < 4.78 is 18.9. The Morgan fingerprint density at radius 3 is 2.83 bits per heavy atom. The highest BCUT2D eigenvalue weighted by Gasteiger charge is 2.33. The summed E-state index contributed by atoms with van der Waals surface area (Å²) in [6, 6.07) is 5.75. The van der Waals surface area contributed by atoms with Crippen molar-refractivity contribution in [3.63, 3.8) is 0 Å². The van der Waals surface area contributed by atoms with Gasteiger partial charge in [0.05, 0.1) is 24.8 Å². The van der Waals surface area contributed by atoms with Crippen molar-refractivity contribution in [2.75, 3.05) is 26.3 Å². The number of carbonyl (C=O) groups is 1. The molecule has 1 unspecified atom stereocenters. The smallest absolute Gasteiger partial charge is 0.254 e. The Labute approximate surface area is 139 Å². The summed E-state index contributed by atoms with van der Waals surface area (Å²) in [6.07, 6.45) is 0. The molecule has 7 heteroatoms. The number of morpholine rings is 1. The van der Waals surface area contributed by atoms with Crippen molar-refractivity contribution in [1.29, 1.82) is 0 Å². The minimum Gasteiger partial charge on any atom is -0.378 e. The molecule has 2 heterocycles. The largest absolute Gasteiger partial charge is 0.378 e. The second-order valence-corrected chi connectivity index (χ2v) is 5.94. The van der Waals surface area contributed by atoms with E-state index in [1.54, 1.807) is 17.0 Å². The van der Waals surface area contributed by atoms with Crippen molar-refractivity contribution >= 4 is 23.2 Å². The number of amides is 1. The fraction of sp³-hybridized carbons (Fsp3) is 0.375. The first kappa shape index (κ1) is 15.9. The molecule has 0 aliphatic carbocycles. The number of nitrogens with zero attached hydrogens (tertiary/aromatic N) is 1. The molecule has 0 saturated carbocycles. The maximum atomic E-state index is 13.6. The lowest BCUT2D eigenvalue weighted by Crippen LogP contribution is -2.49. The molecule has 122 valence electrons. The number of thiocarbonyl (C=S) groups is 1. The molecule has 2 aliphatic heterocycles. The molecule has 0 spiro atoms. The number of rotatable bonds is 2. The number of benzene rings is 1. The van der Waals surface area contributed by atoms with Crippen molar-refractivity contribution in [2.45, 2.75) is 13.0 Å². The van der Waals surface area contributed by atoms with E-state index in [0.717, 1.165) is 0 Å². The third-order valence-corrected chi connectivity index (χ3v) is 4.20. The van der Waals surface area contributed by atoms with Crippen molar-refractivity contribution in [3.8, 4) is 0 Å². The molecule has 2 N–H and O–H groups in total. The van der Waals surface area contributed by atoms with Crippen LogP contribution in [0, 0.1) is 5.82 Å². The number of ether oxygens (including phenoxy) is 1. The van der Waals surface area contributed by atoms with Gasteiger partial charge in [0.2, 0.25) is 0 Å². The van der Waals surface area contributed by atoms with E-state index in [1.807, 2.05) is 6.92 Å². The quantitative estimate of drug-likeness (QED) is 0.802. The molecule has 1 amide bonds. The average Bonchev–Trinajstić information content (AvgIpc) is 2.54. The minimum atomic E-state index is -0.463. The Morgan fingerprint density at radius 1 is 1.39 bits per heavy atom. The Morgan fingerprint density at radius 2 is 2.13 bits per heavy atom. The molecule has 23 heavy (non-hydrogen) atoms. The fourth-order valence-corrected chi connectivity index (χ4v) is 3.12. The lowest BCUT2D eigenvalue weighted by Gasteiger charge is -2.34. The van der Waals surface area contributed by atoms with Crippen LogP contribution in [0.3, 0.4) is 0 Å². The molecule has 1 fully saturated rings. The topological polar surface area (TPSA) is 53.6 Å². The van der Waals surface area contributed by atoms with E-state index >= 15 is 0 Å². The second kappa shape index (κ2) is 6.64. The molecule has 1 saturated heterocycles. The van der Waals surface area contributed by atoms with Crippen LogP contribution in [0.25, 0.3) is 0 Å².